The number of amides is 1. The summed E-state index contributed by atoms with van der Waals surface area (Å²) in [6.07, 6.45) is 24.3. The van der Waals surface area contributed by atoms with Gasteiger partial charge in [0.1, 0.15) is 73.2 Å². The van der Waals surface area contributed by atoms with E-state index < -0.39 is 124 Å². The Labute approximate surface area is 491 Å². The first-order valence-corrected chi connectivity index (χ1v) is 32.2. The second-order valence-electron chi connectivity index (χ2n) is 23.2. The average molecular weight is 1170 g/mol. The molecule has 82 heavy (non-hydrogen) atoms. The van der Waals surface area contributed by atoms with Crippen molar-refractivity contribution in [2.45, 2.75) is 330 Å². The van der Waals surface area contributed by atoms with Gasteiger partial charge in [-0.05, 0) is 57.8 Å². The van der Waals surface area contributed by atoms with Crippen molar-refractivity contribution >= 4 is 5.91 Å². The molecule has 19 heteroatoms. The lowest BCUT2D eigenvalue weighted by Gasteiger charge is -2.48. The van der Waals surface area contributed by atoms with Crippen LogP contribution < -0.4 is 5.32 Å². The number of rotatable bonds is 48. The predicted octanol–water partition coefficient (Wildman–Crippen LogP) is 6.88. The van der Waals surface area contributed by atoms with Gasteiger partial charge in [-0.3, -0.25) is 4.79 Å². The molecule has 19 nitrogen and oxygen atoms in total. The number of hydrogen-bond acceptors (Lipinski definition) is 18. The van der Waals surface area contributed by atoms with Gasteiger partial charge in [0.05, 0.1) is 38.6 Å². The molecule has 17 unspecified atom stereocenters. The van der Waals surface area contributed by atoms with Gasteiger partial charge in [0.25, 0.3) is 0 Å². The summed E-state index contributed by atoms with van der Waals surface area (Å²) in [6, 6.07) is -0.987. The Morgan fingerprint density at radius 3 is 1.22 bits per heavy atom. The summed E-state index contributed by atoms with van der Waals surface area (Å²) in [5.41, 5.74) is 0. The van der Waals surface area contributed by atoms with E-state index in [9.17, 15) is 61.0 Å². The number of ether oxygens (including phenoxy) is 6. The highest BCUT2D eigenvalue weighted by molar-refractivity contribution is 5.76. The monoisotopic (exact) mass is 1170 g/mol. The fourth-order valence-electron chi connectivity index (χ4n) is 10.8. The van der Waals surface area contributed by atoms with E-state index in [0.717, 1.165) is 38.5 Å². The molecule has 0 aromatic carbocycles. The van der Waals surface area contributed by atoms with Gasteiger partial charge in [-0.2, -0.15) is 0 Å². The van der Waals surface area contributed by atoms with Gasteiger partial charge in [0.2, 0.25) is 5.91 Å². The molecule has 0 radical (unpaired) electrons. The third kappa shape index (κ3) is 29.1. The Morgan fingerprint density at radius 1 is 0.427 bits per heavy atom. The van der Waals surface area contributed by atoms with Crippen LogP contribution in [0.25, 0.3) is 0 Å². The largest absolute Gasteiger partial charge is 0.394 e. The summed E-state index contributed by atoms with van der Waals surface area (Å²) in [6.45, 7) is 1.69. The van der Waals surface area contributed by atoms with Crippen molar-refractivity contribution in [3.63, 3.8) is 0 Å². The highest BCUT2D eigenvalue weighted by atomic mass is 16.8. The molecule has 0 aliphatic carbocycles. The molecule has 1 amide bonds. The van der Waals surface area contributed by atoms with Crippen molar-refractivity contribution in [1.29, 1.82) is 0 Å². The van der Waals surface area contributed by atoms with Gasteiger partial charge in [0.15, 0.2) is 18.9 Å². The van der Waals surface area contributed by atoms with E-state index in [1.54, 1.807) is 6.08 Å². The number of hydrogen-bond donors (Lipinski definition) is 12. The topological polar surface area (TPSA) is 307 Å². The van der Waals surface area contributed by atoms with E-state index in [2.05, 4.69) is 43.5 Å². The summed E-state index contributed by atoms with van der Waals surface area (Å²) < 4.78 is 34.2. The lowest BCUT2D eigenvalue weighted by atomic mass is 9.96. The average Bonchev–Trinajstić information content (AvgIpc) is 3.19. The maximum atomic E-state index is 13.3. The smallest absolute Gasteiger partial charge is 0.220 e. The molecule has 0 saturated carbocycles. The minimum Gasteiger partial charge on any atom is -0.394 e. The van der Waals surface area contributed by atoms with E-state index in [1.165, 1.54) is 154 Å². The summed E-state index contributed by atoms with van der Waals surface area (Å²) in [4.78, 5) is 13.3. The zero-order valence-electron chi connectivity index (χ0n) is 50.2. The predicted molar refractivity (Wildman–Crippen MR) is 314 cm³/mol. The zero-order chi connectivity index (χ0) is 59.7. The number of aliphatic hydroxyl groups excluding tert-OH is 11. The molecule has 0 aromatic heterocycles. The number of aliphatic hydroxyl groups is 11. The number of unbranched alkanes of at least 4 members (excludes halogenated alkanes) is 28. The SMILES string of the molecule is CCCCCCCC/C=C/CC/C=C/C(O)C(COC1OC(CO)C(OC2OC(CO)C(OC3OC(CO)C(O)C(O)C3O)C(O)C2O)C(O)C1O)NC(=O)CCCCCCCCCCCCCCC/C=C\CCCCCCCCCC. The van der Waals surface area contributed by atoms with Gasteiger partial charge in [-0.1, -0.05) is 198 Å². The molecule has 480 valence electrons. The lowest BCUT2D eigenvalue weighted by Crippen LogP contribution is -2.66. The van der Waals surface area contributed by atoms with Crippen molar-refractivity contribution in [2.75, 3.05) is 26.4 Å². The summed E-state index contributed by atoms with van der Waals surface area (Å²) in [5.74, 6) is -0.286. The van der Waals surface area contributed by atoms with Gasteiger partial charge in [-0.25, -0.2) is 0 Å². The molecule has 17 atom stereocenters. The molecule has 0 bridgehead atoms. The first-order valence-electron chi connectivity index (χ1n) is 32.2. The number of nitrogens with one attached hydrogen (secondary N) is 1. The number of carbonyl (C=O) groups is 1. The molecule has 3 rings (SSSR count). The Morgan fingerprint density at radius 2 is 0.780 bits per heavy atom. The fraction of sp³-hybridized carbons (Fsp3) is 0.889. The van der Waals surface area contributed by atoms with Crippen LogP contribution in [0.15, 0.2) is 36.5 Å². The van der Waals surface area contributed by atoms with Crippen LogP contribution in [0.2, 0.25) is 0 Å². The quantitative estimate of drug-likeness (QED) is 0.0218. The summed E-state index contributed by atoms with van der Waals surface area (Å²) in [5, 5.41) is 120. The standard InChI is InChI=1S/C63H115NO18/c1-3-5-7-9-11-13-15-17-18-19-20-21-22-23-24-25-26-27-28-29-31-33-35-37-39-41-51(69)64-46(47(68)40-38-36-34-32-30-16-14-12-10-8-6-4-2)45-77-61-57(75)54(72)59(49(43-66)79-61)82-63-58(76)55(73)60(50(44-67)80-63)81-62-56(74)53(71)52(70)48(42-65)78-62/h19-20,30,32,38,40,46-50,52-63,65-68,70-76H,3-18,21-29,31,33-37,39,41-45H2,1-2H3,(H,64,69)/b20-19-,32-30+,40-38+. The van der Waals surface area contributed by atoms with Gasteiger partial charge >= 0.3 is 0 Å². The second kappa shape index (κ2) is 46.2. The molecular weight excluding hydrogens is 1060 g/mol. The van der Waals surface area contributed by atoms with Crippen LogP contribution >= 0.6 is 0 Å². The Hall–Kier alpha value is -1.99. The van der Waals surface area contributed by atoms with Crippen molar-refractivity contribution in [2.24, 2.45) is 0 Å². The molecule has 0 spiro atoms. The van der Waals surface area contributed by atoms with Gasteiger partial charge < -0.3 is 89.9 Å². The minimum absolute atomic E-state index is 0.236. The van der Waals surface area contributed by atoms with Crippen LogP contribution in [0, 0.1) is 0 Å². The van der Waals surface area contributed by atoms with Crippen LogP contribution in [0.3, 0.4) is 0 Å². The van der Waals surface area contributed by atoms with Gasteiger partial charge in [-0.15, -0.1) is 0 Å². The molecule has 3 aliphatic rings. The maximum Gasteiger partial charge on any atom is 0.220 e. The zero-order valence-corrected chi connectivity index (χ0v) is 50.2. The third-order valence-corrected chi connectivity index (χ3v) is 16.2. The third-order valence-electron chi connectivity index (χ3n) is 16.2. The highest BCUT2D eigenvalue weighted by Gasteiger charge is 2.53. The van der Waals surface area contributed by atoms with Crippen molar-refractivity contribution in [1.82, 2.24) is 5.32 Å². The van der Waals surface area contributed by atoms with E-state index >= 15 is 0 Å². The Balaban J connectivity index is 1.43. The Kier molecular flexibility index (Phi) is 41.8. The van der Waals surface area contributed by atoms with Crippen LogP contribution in [0.5, 0.6) is 0 Å². The van der Waals surface area contributed by atoms with E-state index in [1.807, 2.05) is 6.08 Å². The van der Waals surface area contributed by atoms with Gasteiger partial charge in [0, 0.05) is 6.42 Å². The van der Waals surface area contributed by atoms with E-state index in [-0.39, 0.29) is 18.9 Å². The summed E-state index contributed by atoms with van der Waals surface area (Å²) >= 11 is 0. The minimum atomic E-state index is -1.98. The maximum absolute atomic E-state index is 13.3. The normalized spacial score (nSPS) is 29.8. The second-order valence-corrected chi connectivity index (χ2v) is 23.2. The highest BCUT2D eigenvalue weighted by Crippen LogP contribution is 2.33. The lowest BCUT2D eigenvalue weighted by molar-refractivity contribution is -0.379. The first-order chi connectivity index (χ1) is 39.8. The van der Waals surface area contributed by atoms with Crippen molar-refractivity contribution in [3.05, 3.63) is 36.5 Å². The molecular formula is C63H115NO18. The van der Waals surface area contributed by atoms with E-state index in [4.69, 9.17) is 28.4 Å². The van der Waals surface area contributed by atoms with Crippen LogP contribution in [0.1, 0.15) is 226 Å². The molecule has 3 saturated heterocycles. The first kappa shape index (κ1) is 74.3. The molecule has 3 heterocycles. The van der Waals surface area contributed by atoms with E-state index in [0.29, 0.717) is 12.8 Å². The number of allylic oxidation sites excluding steroid dienone is 5. The van der Waals surface area contributed by atoms with Crippen LogP contribution in [-0.2, 0) is 33.2 Å². The molecule has 0 aromatic rings. The van der Waals surface area contributed by atoms with Crippen molar-refractivity contribution < 1.29 is 89.4 Å². The molecule has 12 N–H and O–H groups in total. The Bertz CT molecular complexity index is 1640. The fourth-order valence-corrected chi connectivity index (χ4v) is 10.8. The van der Waals surface area contributed by atoms with Crippen LogP contribution in [-0.4, -0.2) is 193 Å². The number of carbonyl (C=O) groups excluding carboxylic acids is 1. The van der Waals surface area contributed by atoms with Crippen molar-refractivity contribution in [3.8, 4) is 0 Å². The molecule has 3 fully saturated rings. The molecule has 3 aliphatic heterocycles. The van der Waals surface area contributed by atoms with Crippen LogP contribution in [0.4, 0.5) is 0 Å². The summed E-state index contributed by atoms with van der Waals surface area (Å²) in [7, 11) is 0.